The summed E-state index contributed by atoms with van der Waals surface area (Å²) in [5, 5.41) is 6.73. The Balaban J connectivity index is 1.46. The second kappa shape index (κ2) is 7.87. The molecule has 1 saturated carbocycles. The number of hydrogen-bond donors (Lipinski definition) is 2. The zero-order valence-electron chi connectivity index (χ0n) is 15.0. The zero-order chi connectivity index (χ0) is 17.8. The Morgan fingerprint density at radius 2 is 1.96 bits per heavy atom. The summed E-state index contributed by atoms with van der Waals surface area (Å²) in [7, 11) is 0. The van der Waals surface area contributed by atoms with Crippen molar-refractivity contribution in [3.8, 4) is 0 Å². The van der Waals surface area contributed by atoms with E-state index in [9.17, 15) is 4.79 Å². The summed E-state index contributed by atoms with van der Waals surface area (Å²) in [5.74, 6) is 0.904. The second-order valence-corrected chi connectivity index (χ2v) is 7.22. The van der Waals surface area contributed by atoms with Crippen molar-refractivity contribution >= 4 is 11.7 Å². The van der Waals surface area contributed by atoms with Crippen molar-refractivity contribution in [1.29, 1.82) is 0 Å². The number of anilines is 1. The fourth-order valence-electron chi connectivity index (χ4n) is 3.94. The molecular weight excluding hydrogens is 324 g/mol. The largest absolute Gasteiger partial charge is 0.353 e. The molecule has 5 heteroatoms. The van der Waals surface area contributed by atoms with Crippen molar-refractivity contribution in [2.24, 2.45) is 0 Å². The fourth-order valence-corrected chi connectivity index (χ4v) is 3.94. The van der Waals surface area contributed by atoms with Gasteiger partial charge in [0.2, 0.25) is 0 Å². The molecule has 1 aliphatic carbocycles. The highest BCUT2D eigenvalue weighted by Crippen LogP contribution is 2.22. The maximum Gasteiger partial charge on any atom is 0.251 e. The van der Waals surface area contributed by atoms with Crippen LogP contribution in [0.15, 0.2) is 48.7 Å². The van der Waals surface area contributed by atoms with E-state index in [0.717, 1.165) is 38.3 Å². The lowest BCUT2D eigenvalue weighted by molar-refractivity contribution is 0.0938. The summed E-state index contributed by atoms with van der Waals surface area (Å²) in [4.78, 5) is 19.3. The molecule has 2 aliphatic rings. The molecule has 26 heavy (non-hydrogen) atoms. The Morgan fingerprint density at radius 1 is 1.15 bits per heavy atom. The molecule has 1 saturated heterocycles. The van der Waals surface area contributed by atoms with Gasteiger partial charge in [-0.3, -0.25) is 4.79 Å². The van der Waals surface area contributed by atoms with Crippen molar-refractivity contribution in [2.75, 3.05) is 24.5 Å². The molecule has 136 valence electrons. The lowest BCUT2D eigenvalue weighted by atomic mass is 10.0. The minimum atomic E-state index is 0.0234. The number of nitrogens with zero attached hydrogens (tertiary/aromatic N) is 2. The van der Waals surface area contributed by atoms with Crippen LogP contribution in [0.3, 0.4) is 0 Å². The molecule has 0 spiro atoms. The van der Waals surface area contributed by atoms with Crippen LogP contribution in [0.5, 0.6) is 0 Å². The predicted molar refractivity (Wildman–Crippen MR) is 103 cm³/mol. The van der Waals surface area contributed by atoms with Gasteiger partial charge in [-0.1, -0.05) is 43.2 Å². The first-order valence-corrected chi connectivity index (χ1v) is 9.60. The lowest BCUT2D eigenvalue weighted by Crippen LogP contribution is -2.46. The molecule has 1 atom stereocenters. The van der Waals surface area contributed by atoms with E-state index in [1.54, 1.807) is 6.20 Å². The molecule has 1 aliphatic heterocycles. The first-order chi connectivity index (χ1) is 12.8. The second-order valence-electron chi connectivity index (χ2n) is 7.22. The molecular formula is C21H26N4O. The molecule has 2 N–H and O–H groups in total. The molecule has 2 aromatic rings. The van der Waals surface area contributed by atoms with E-state index in [1.807, 2.05) is 18.2 Å². The van der Waals surface area contributed by atoms with E-state index < -0.39 is 0 Å². The summed E-state index contributed by atoms with van der Waals surface area (Å²) in [6.07, 6.45) is 6.38. The van der Waals surface area contributed by atoms with E-state index in [0.29, 0.717) is 11.6 Å². The van der Waals surface area contributed by atoms with Gasteiger partial charge in [0.15, 0.2) is 0 Å². The van der Waals surface area contributed by atoms with Crippen molar-refractivity contribution in [2.45, 2.75) is 37.8 Å². The van der Waals surface area contributed by atoms with Crippen LogP contribution in [0.25, 0.3) is 0 Å². The maximum absolute atomic E-state index is 12.6. The number of pyridine rings is 1. The van der Waals surface area contributed by atoms with Crippen molar-refractivity contribution in [3.63, 3.8) is 0 Å². The molecule has 5 nitrogen and oxygen atoms in total. The highest BCUT2D eigenvalue weighted by molar-refractivity contribution is 5.95. The minimum Gasteiger partial charge on any atom is -0.353 e. The Morgan fingerprint density at radius 3 is 2.77 bits per heavy atom. The van der Waals surface area contributed by atoms with E-state index >= 15 is 0 Å². The lowest BCUT2D eigenvalue weighted by Gasteiger charge is -2.35. The molecule has 2 fully saturated rings. The van der Waals surface area contributed by atoms with Gasteiger partial charge in [0.1, 0.15) is 5.82 Å². The molecule has 1 amide bonds. The van der Waals surface area contributed by atoms with Crippen LogP contribution in [0.4, 0.5) is 5.82 Å². The normalized spacial score (nSPS) is 20.9. The van der Waals surface area contributed by atoms with Crippen LogP contribution < -0.4 is 15.5 Å². The van der Waals surface area contributed by atoms with Crippen LogP contribution in [0.1, 0.15) is 47.6 Å². The van der Waals surface area contributed by atoms with Crippen molar-refractivity contribution in [3.05, 3.63) is 59.8 Å². The molecule has 1 aromatic carbocycles. The van der Waals surface area contributed by atoms with Crippen LogP contribution in [0.2, 0.25) is 0 Å². The number of carbonyl (C=O) groups is 1. The highest BCUT2D eigenvalue weighted by Gasteiger charge is 2.23. The smallest absolute Gasteiger partial charge is 0.251 e. The standard InChI is InChI=1S/C21H26N4O/c26-21(24-18-8-4-5-9-18)17-10-11-23-20(14-17)25-13-12-22-19(15-25)16-6-2-1-3-7-16/h1-3,6-7,10-11,14,18-19,22H,4-5,8-9,12-13,15H2,(H,24,26). The molecule has 4 rings (SSSR count). The minimum absolute atomic E-state index is 0.0234. The third kappa shape index (κ3) is 3.88. The number of benzene rings is 1. The summed E-state index contributed by atoms with van der Waals surface area (Å²) >= 11 is 0. The first-order valence-electron chi connectivity index (χ1n) is 9.60. The van der Waals surface area contributed by atoms with Gasteiger partial charge in [-0.25, -0.2) is 4.98 Å². The highest BCUT2D eigenvalue weighted by atomic mass is 16.1. The number of aromatic nitrogens is 1. The number of rotatable bonds is 4. The van der Waals surface area contributed by atoms with E-state index in [4.69, 9.17) is 0 Å². The molecule has 0 radical (unpaired) electrons. The molecule has 0 bridgehead atoms. The number of amides is 1. The van der Waals surface area contributed by atoms with Crippen molar-refractivity contribution in [1.82, 2.24) is 15.6 Å². The molecule has 1 unspecified atom stereocenters. The van der Waals surface area contributed by atoms with Crippen LogP contribution in [-0.2, 0) is 0 Å². The third-order valence-corrected chi connectivity index (χ3v) is 5.40. The van der Waals surface area contributed by atoms with Gasteiger partial charge < -0.3 is 15.5 Å². The van der Waals surface area contributed by atoms with Crippen molar-refractivity contribution < 1.29 is 4.79 Å². The Labute approximate surface area is 154 Å². The van der Waals surface area contributed by atoms with Gasteiger partial charge in [-0.2, -0.15) is 0 Å². The SMILES string of the molecule is O=C(NC1CCCC1)c1ccnc(N2CCNC(c3ccccc3)C2)c1. The van der Waals surface area contributed by atoms with Gasteiger partial charge >= 0.3 is 0 Å². The predicted octanol–water partition coefficient (Wildman–Crippen LogP) is 2.90. The fraction of sp³-hybridized carbons (Fsp3) is 0.429. The van der Waals surface area contributed by atoms with Gasteiger partial charge in [0, 0.05) is 43.5 Å². The first kappa shape index (κ1) is 17.0. The third-order valence-electron chi connectivity index (χ3n) is 5.40. The van der Waals surface area contributed by atoms with Crippen LogP contribution in [0, 0.1) is 0 Å². The Bertz CT molecular complexity index is 743. The molecule has 1 aromatic heterocycles. The number of nitrogens with one attached hydrogen (secondary N) is 2. The maximum atomic E-state index is 12.6. The summed E-state index contributed by atoms with van der Waals surface area (Å²) in [6.45, 7) is 2.65. The average Bonchev–Trinajstić information content (AvgIpc) is 3.22. The average molecular weight is 350 g/mol. The summed E-state index contributed by atoms with van der Waals surface area (Å²) in [5.41, 5.74) is 1.99. The summed E-state index contributed by atoms with van der Waals surface area (Å²) in [6, 6.07) is 14.8. The Hall–Kier alpha value is -2.40. The number of hydrogen-bond acceptors (Lipinski definition) is 4. The number of piperazine rings is 1. The number of carbonyl (C=O) groups excluding carboxylic acids is 1. The quantitative estimate of drug-likeness (QED) is 0.890. The molecule has 2 heterocycles. The Kier molecular flexibility index (Phi) is 5.16. The van der Waals surface area contributed by atoms with Gasteiger partial charge in [-0.05, 0) is 30.5 Å². The topological polar surface area (TPSA) is 57.3 Å². The van der Waals surface area contributed by atoms with E-state index in [2.05, 4.69) is 44.8 Å². The van der Waals surface area contributed by atoms with Gasteiger partial charge in [0.05, 0.1) is 0 Å². The van der Waals surface area contributed by atoms with Crippen LogP contribution in [-0.4, -0.2) is 36.6 Å². The van der Waals surface area contributed by atoms with Gasteiger partial charge in [0.25, 0.3) is 5.91 Å². The van der Waals surface area contributed by atoms with Crippen LogP contribution >= 0.6 is 0 Å². The van der Waals surface area contributed by atoms with E-state index in [-0.39, 0.29) is 11.9 Å². The van der Waals surface area contributed by atoms with E-state index in [1.165, 1.54) is 18.4 Å². The monoisotopic (exact) mass is 350 g/mol. The summed E-state index contributed by atoms with van der Waals surface area (Å²) < 4.78 is 0. The zero-order valence-corrected chi connectivity index (χ0v) is 15.0. The van der Waals surface area contributed by atoms with Gasteiger partial charge in [-0.15, -0.1) is 0 Å².